The fraction of sp³-hybridized carbons (Fsp3) is 0.947. The summed E-state index contributed by atoms with van der Waals surface area (Å²) in [6.07, 6.45) is 12.3. The third-order valence-electron chi connectivity index (χ3n) is 6.02. The first-order valence-corrected chi connectivity index (χ1v) is 10.3. The Kier molecular flexibility index (Phi) is 7.21. The van der Waals surface area contributed by atoms with Crippen molar-refractivity contribution in [2.45, 2.75) is 69.9 Å². The third-order valence-corrected chi connectivity index (χ3v) is 6.02. The molecule has 1 unspecified atom stereocenters. The van der Waals surface area contributed by atoms with Crippen molar-refractivity contribution >= 4 is 5.96 Å². The first kappa shape index (κ1) is 18.0. The van der Waals surface area contributed by atoms with Gasteiger partial charge in [0.15, 0.2) is 5.96 Å². The third kappa shape index (κ3) is 5.35. The number of nitrogens with zero attached hydrogens (tertiary/aromatic N) is 3. The summed E-state index contributed by atoms with van der Waals surface area (Å²) < 4.78 is 0. The van der Waals surface area contributed by atoms with Crippen LogP contribution in [0.15, 0.2) is 4.99 Å². The van der Waals surface area contributed by atoms with E-state index >= 15 is 0 Å². The smallest absolute Gasteiger partial charge is 0.191 e. The van der Waals surface area contributed by atoms with Crippen LogP contribution in [0.3, 0.4) is 0 Å². The van der Waals surface area contributed by atoms with E-state index in [4.69, 9.17) is 0 Å². The number of guanidine groups is 1. The Morgan fingerprint density at radius 2 is 1.79 bits per heavy atom. The van der Waals surface area contributed by atoms with Gasteiger partial charge in [0.2, 0.25) is 0 Å². The predicted molar refractivity (Wildman–Crippen MR) is 102 cm³/mol. The van der Waals surface area contributed by atoms with Crippen LogP contribution < -0.4 is 10.6 Å². The molecular weight excluding hydrogens is 298 g/mol. The number of likely N-dealkylation sites (tertiary alicyclic amines) is 2. The lowest BCUT2D eigenvalue weighted by Gasteiger charge is -2.24. The highest BCUT2D eigenvalue weighted by atomic mass is 15.3. The molecule has 0 bridgehead atoms. The van der Waals surface area contributed by atoms with Gasteiger partial charge in [-0.3, -0.25) is 9.89 Å². The summed E-state index contributed by atoms with van der Waals surface area (Å²) in [7, 11) is 1.89. The first-order valence-electron chi connectivity index (χ1n) is 10.3. The molecule has 0 radical (unpaired) electrons. The lowest BCUT2D eigenvalue weighted by molar-refractivity contribution is 0.242. The number of hydrogen-bond donors (Lipinski definition) is 2. The highest BCUT2D eigenvalue weighted by Crippen LogP contribution is 2.26. The molecule has 1 atom stereocenters. The lowest BCUT2D eigenvalue weighted by atomic mass is 10.2. The van der Waals surface area contributed by atoms with Crippen molar-refractivity contribution in [2.24, 2.45) is 4.99 Å². The maximum Gasteiger partial charge on any atom is 0.191 e. The van der Waals surface area contributed by atoms with Gasteiger partial charge in [-0.15, -0.1) is 0 Å². The molecule has 3 rings (SSSR count). The largest absolute Gasteiger partial charge is 0.356 e. The summed E-state index contributed by atoms with van der Waals surface area (Å²) in [4.78, 5) is 9.72. The Morgan fingerprint density at radius 1 is 1.00 bits per heavy atom. The molecular formula is C19H37N5. The van der Waals surface area contributed by atoms with E-state index in [1.807, 2.05) is 7.05 Å². The van der Waals surface area contributed by atoms with E-state index in [2.05, 4.69) is 25.4 Å². The van der Waals surface area contributed by atoms with Gasteiger partial charge in [-0.25, -0.2) is 0 Å². The van der Waals surface area contributed by atoms with E-state index in [9.17, 15) is 0 Å². The zero-order valence-corrected chi connectivity index (χ0v) is 15.6. The Bertz CT molecular complexity index is 385. The van der Waals surface area contributed by atoms with Crippen LogP contribution in [-0.2, 0) is 0 Å². The number of aliphatic imine (C=N–C) groups is 1. The Labute approximate surface area is 148 Å². The minimum absolute atomic E-state index is 0.571. The van der Waals surface area contributed by atoms with Crippen molar-refractivity contribution in [1.82, 2.24) is 20.4 Å². The fourth-order valence-corrected chi connectivity index (χ4v) is 4.57. The average molecular weight is 336 g/mol. The lowest BCUT2D eigenvalue weighted by Crippen LogP contribution is -2.45. The zero-order chi connectivity index (χ0) is 16.6. The van der Waals surface area contributed by atoms with Gasteiger partial charge in [0, 0.05) is 38.8 Å². The predicted octanol–water partition coefficient (Wildman–Crippen LogP) is 2.04. The van der Waals surface area contributed by atoms with Crippen LogP contribution in [0, 0.1) is 0 Å². The maximum atomic E-state index is 4.41. The molecule has 138 valence electrons. The van der Waals surface area contributed by atoms with Gasteiger partial charge in [-0.1, -0.05) is 12.8 Å². The molecule has 5 nitrogen and oxygen atoms in total. The maximum absolute atomic E-state index is 4.41. The topological polar surface area (TPSA) is 42.9 Å². The summed E-state index contributed by atoms with van der Waals surface area (Å²) in [6.45, 7) is 7.39. The molecule has 3 fully saturated rings. The van der Waals surface area contributed by atoms with E-state index in [-0.39, 0.29) is 0 Å². The van der Waals surface area contributed by atoms with E-state index in [0.717, 1.165) is 18.5 Å². The molecule has 0 aromatic heterocycles. The van der Waals surface area contributed by atoms with Crippen LogP contribution in [0.2, 0.25) is 0 Å². The van der Waals surface area contributed by atoms with Crippen LogP contribution in [0.25, 0.3) is 0 Å². The Morgan fingerprint density at radius 3 is 2.54 bits per heavy atom. The van der Waals surface area contributed by atoms with Crippen molar-refractivity contribution < 1.29 is 0 Å². The van der Waals surface area contributed by atoms with Gasteiger partial charge >= 0.3 is 0 Å². The molecule has 1 saturated carbocycles. The summed E-state index contributed by atoms with van der Waals surface area (Å²) in [6, 6.07) is 1.43. The highest BCUT2D eigenvalue weighted by molar-refractivity contribution is 5.79. The van der Waals surface area contributed by atoms with Crippen LogP contribution in [-0.4, -0.2) is 74.2 Å². The summed E-state index contributed by atoms with van der Waals surface area (Å²) >= 11 is 0. The molecule has 0 spiro atoms. The quantitative estimate of drug-likeness (QED) is 0.424. The van der Waals surface area contributed by atoms with Crippen molar-refractivity contribution in [1.29, 1.82) is 0 Å². The van der Waals surface area contributed by atoms with E-state index in [1.165, 1.54) is 90.5 Å². The zero-order valence-electron chi connectivity index (χ0n) is 15.6. The first-order chi connectivity index (χ1) is 11.8. The molecule has 2 aliphatic heterocycles. The highest BCUT2D eigenvalue weighted by Gasteiger charge is 2.30. The number of rotatable bonds is 7. The molecule has 2 N–H and O–H groups in total. The summed E-state index contributed by atoms with van der Waals surface area (Å²) in [5, 5.41) is 7.15. The Balaban J connectivity index is 1.27. The van der Waals surface area contributed by atoms with Crippen LogP contribution in [0.1, 0.15) is 57.8 Å². The Hall–Kier alpha value is -0.810. The summed E-state index contributed by atoms with van der Waals surface area (Å²) in [5.41, 5.74) is 0. The van der Waals surface area contributed by atoms with Crippen LogP contribution in [0.5, 0.6) is 0 Å². The number of unbranched alkanes of at least 4 members (excludes halogenated alkanes) is 1. The standard InChI is InChI=1S/C19H37N5/c1-20-19(21-11-4-5-12-23-13-6-7-14-23)22-17-10-15-24(16-17)18-8-2-3-9-18/h17-18H,2-16H2,1H3,(H2,20,21,22). The molecule has 0 aromatic rings. The minimum Gasteiger partial charge on any atom is -0.356 e. The van der Waals surface area contributed by atoms with Gasteiger partial charge in [0.1, 0.15) is 0 Å². The van der Waals surface area contributed by atoms with Crippen LogP contribution >= 0.6 is 0 Å². The van der Waals surface area contributed by atoms with Gasteiger partial charge < -0.3 is 15.5 Å². The molecule has 24 heavy (non-hydrogen) atoms. The normalized spacial score (nSPS) is 27.2. The minimum atomic E-state index is 0.571. The van der Waals surface area contributed by atoms with Crippen molar-refractivity contribution in [3.05, 3.63) is 0 Å². The second kappa shape index (κ2) is 9.62. The monoisotopic (exact) mass is 335 g/mol. The molecule has 0 aromatic carbocycles. The second-order valence-electron chi connectivity index (χ2n) is 7.82. The molecule has 3 aliphatic rings. The molecule has 5 heteroatoms. The van der Waals surface area contributed by atoms with E-state index in [1.54, 1.807) is 0 Å². The number of nitrogens with one attached hydrogen (secondary N) is 2. The van der Waals surface area contributed by atoms with Gasteiger partial charge in [-0.2, -0.15) is 0 Å². The van der Waals surface area contributed by atoms with Crippen molar-refractivity contribution in [2.75, 3.05) is 46.3 Å². The number of hydrogen-bond acceptors (Lipinski definition) is 3. The van der Waals surface area contributed by atoms with Gasteiger partial charge in [0.25, 0.3) is 0 Å². The van der Waals surface area contributed by atoms with Crippen molar-refractivity contribution in [3.8, 4) is 0 Å². The molecule has 1 aliphatic carbocycles. The van der Waals surface area contributed by atoms with Crippen molar-refractivity contribution in [3.63, 3.8) is 0 Å². The van der Waals surface area contributed by atoms with E-state index in [0.29, 0.717) is 6.04 Å². The fourth-order valence-electron chi connectivity index (χ4n) is 4.57. The average Bonchev–Trinajstić information content (AvgIpc) is 3.34. The van der Waals surface area contributed by atoms with Gasteiger partial charge in [0.05, 0.1) is 0 Å². The molecule has 0 amide bonds. The SMILES string of the molecule is CN=C(NCCCCN1CCCC1)NC1CCN(C2CCCC2)C1. The van der Waals surface area contributed by atoms with Gasteiger partial charge in [-0.05, 0) is 64.6 Å². The second-order valence-corrected chi connectivity index (χ2v) is 7.82. The molecule has 2 saturated heterocycles. The van der Waals surface area contributed by atoms with E-state index < -0.39 is 0 Å². The molecule has 2 heterocycles. The summed E-state index contributed by atoms with van der Waals surface area (Å²) in [5.74, 6) is 0.995. The van der Waals surface area contributed by atoms with Crippen LogP contribution in [0.4, 0.5) is 0 Å².